The minimum Gasteiger partial charge on any atom is -0.350 e. The lowest BCUT2D eigenvalue weighted by molar-refractivity contribution is -0.144. The first-order valence-electron chi connectivity index (χ1n) is 7.38. The largest absolute Gasteiger partial charge is 0.350 e. The maximum absolute atomic E-state index is 12.1. The molecule has 0 radical (unpaired) electrons. The van der Waals surface area contributed by atoms with Gasteiger partial charge < -0.3 is 5.32 Å². The molecule has 5 amide bonds. The third-order valence-corrected chi connectivity index (χ3v) is 3.32. The molecule has 0 saturated carbocycles. The summed E-state index contributed by atoms with van der Waals surface area (Å²) in [5.74, 6) is -2.28. The van der Waals surface area contributed by atoms with Gasteiger partial charge in [0.1, 0.15) is 6.54 Å². The second kappa shape index (κ2) is 7.04. The number of carbonyl (C=O) groups is 4. The van der Waals surface area contributed by atoms with Crippen molar-refractivity contribution < 1.29 is 19.2 Å². The van der Waals surface area contributed by atoms with Crippen LogP contribution in [0.3, 0.4) is 0 Å². The molecule has 7 nitrogen and oxygen atoms in total. The van der Waals surface area contributed by atoms with Gasteiger partial charge in [-0.2, -0.15) is 0 Å². The summed E-state index contributed by atoms with van der Waals surface area (Å²) < 4.78 is 0. The van der Waals surface area contributed by atoms with Gasteiger partial charge in [-0.25, -0.2) is 9.69 Å². The Hall–Kier alpha value is -2.70. The molecule has 122 valence electrons. The first-order chi connectivity index (χ1) is 10.9. The first kappa shape index (κ1) is 16.7. The normalized spacial score (nSPS) is 14.8. The Balaban J connectivity index is 1.94. The number of rotatable bonds is 6. The molecule has 1 saturated heterocycles. The lowest BCUT2D eigenvalue weighted by Gasteiger charge is -2.16. The van der Waals surface area contributed by atoms with Gasteiger partial charge >= 0.3 is 17.8 Å². The second-order valence-electron chi connectivity index (χ2n) is 5.75. The van der Waals surface area contributed by atoms with Crippen LogP contribution in [0.25, 0.3) is 0 Å². The molecule has 23 heavy (non-hydrogen) atoms. The molecule has 1 aliphatic rings. The van der Waals surface area contributed by atoms with E-state index in [1.165, 1.54) is 0 Å². The van der Waals surface area contributed by atoms with Crippen molar-refractivity contribution in [2.75, 3.05) is 13.1 Å². The summed E-state index contributed by atoms with van der Waals surface area (Å²) in [6, 6.07) is 8.51. The number of nitrogens with one attached hydrogen (secondary N) is 1. The van der Waals surface area contributed by atoms with E-state index < -0.39 is 30.3 Å². The van der Waals surface area contributed by atoms with Crippen LogP contribution in [0.15, 0.2) is 30.3 Å². The Bertz CT molecular complexity index is 627. The van der Waals surface area contributed by atoms with Gasteiger partial charge in [-0.3, -0.25) is 19.3 Å². The summed E-state index contributed by atoms with van der Waals surface area (Å²) in [6.45, 7) is 3.66. The molecular weight excluding hydrogens is 298 g/mol. The van der Waals surface area contributed by atoms with E-state index in [1.807, 2.05) is 44.2 Å². The zero-order valence-corrected chi connectivity index (χ0v) is 13.1. The van der Waals surface area contributed by atoms with Crippen LogP contribution in [0.4, 0.5) is 4.79 Å². The molecule has 0 aromatic heterocycles. The highest BCUT2D eigenvalue weighted by Gasteiger charge is 2.45. The summed E-state index contributed by atoms with van der Waals surface area (Å²) in [5, 5.41) is 2.62. The van der Waals surface area contributed by atoms with Crippen LogP contribution in [0.2, 0.25) is 0 Å². The molecule has 2 rings (SSSR count). The van der Waals surface area contributed by atoms with Crippen molar-refractivity contribution in [2.45, 2.75) is 20.4 Å². The topological polar surface area (TPSA) is 86.8 Å². The van der Waals surface area contributed by atoms with E-state index in [2.05, 4.69) is 5.32 Å². The van der Waals surface area contributed by atoms with E-state index in [0.717, 1.165) is 10.5 Å². The van der Waals surface area contributed by atoms with Crippen molar-refractivity contribution in [3.8, 4) is 0 Å². The van der Waals surface area contributed by atoms with Crippen LogP contribution in [0, 0.1) is 5.92 Å². The summed E-state index contributed by atoms with van der Waals surface area (Å²) >= 11 is 0. The Kier molecular flexibility index (Phi) is 5.10. The zero-order chi connectivity index (χ0) is 17.0. The molecule has 0 spiro atoms. The van der Waals surface area contributed by atoms with E-state index in [4.69, 9.17) is 0 Å². The molecular formula is C16H19N3O4. The van der Waals surface area contributed by atoms with Crippen molar-refractivity contribution in [1.82, 2.24) is 15.1 Å². The third kappa shape index (κ3) is 3.94. The van der Waals surface area contributed by atoms with Crippen molar-refractivity contribution in [2.24, 2.45) is 5.92 Å². The van der Waals surface area contributed by atoms with Crippen molar-refractivity contribution in [3.63, 3.8) is 0 Å². The lowest BCUT2D eigenvalue weighted by Crippen LogP contribution is -2.41. The van der Waals surface area contributed by atoms with Gasteiger partial charge in [0, 0.05) is 13.1 Å². The average molecular weight is 317 g/mol. The maximum Gasteiger partial charge on any atom is 0.334 e. The Labute approximate surface area is 134 Å². The number of amides is 5. The highest BCUT2D eigenvalue weighted by Crippen LogP contribution is 2.13. The first-order valence-corrected chi connectivity index (χ1v) is 7.38. The number of imide groups is 2. The highest BCUT2D eigenvalue weighted by molar-refractivity contribution is 6.45. The number of benzene rings is 1. The van der Waals surface area contributed by atoms with Crippen molar-refractivity contribution in [3.05, 3.63) is 35.9 Å². The fraction of sp³-hybridized carbons (Fsp3) is 0.375. The van der Waals surface area contributed by atoms with Crippen LogP contribution in [0.5, 0.6) is 0 Å². The fourth-order valence-corrected chi connectivity index (χ4v) is 2.21. The van der Waals surface area contributed by atoms with Gasteiger partial charge in [0.2, 0.25) is 5.91 Å². The smallest absolute Gasteiger partial charge is 0.334 e. The van der Waals surface area contributed by atoms with Gasteiger partial charge in [0.25, 0.3) is 0 Å². The molecule has 0 aliphatic carbocycles. The second-order valence-corrected chi connectivity index (χ2v) is 5.75. The number of urea groups is 1. The van der Waals surface area contributed by atoms with Gasteiger partial charge in [-0.15, -0.1) is 0 Å². The zero-order valence-electron chi connectivity index (χ0n) is 13.1. The molecule has 1 aliphatic heterocycles. The van der Waals surface area contributed by atoms with Gasteiger partial charge in [0.05, 0.1) is 0 Å². The number of carbonyl (C=O) groups excluding carboxylic acids is 4. The Morgan fingerprint density at radius 1 is 1.04 bits per heavy atom. The van der Waals surface area contributed by atoms with E-state index in [-0.39, 0.29) is 12.5 Å². The molecule has 0 atom stereocenters. The van der Waals surface area contributed by atoms with E-state index in [1.54, 1.807) is 0 Å². The van der Waals surface area contributed by atoms with Gasteiger partial charge in [0.15, 0.2) is 0 Å². The minimum atomic E-state index is -0.953. The maximum atomic E-state index is 12.1. The number of hydrogen-bond donors (Lipinski definition) is 1. The molecule has 1 fully saturated rings. The Morgan fingerprint density at radius 2 is 1.65 bits per heavy atom. The number of hydrogen-bond acceptors (Lipinski definition) is 4. The van der Waals surface area contributed by atoms with Gasteiger partial charge in [-0.05, 0) is 11.5 Å². The predicted molar refractivity (Wildman–Crippen MR) is 81.9 cm³/mol. The Morgan fingerprint density at radius 3 is 2.26 bits per heavy atom. The van der Waals surface area contributed by atoms with E-state index in [9.17, 15) is 19.2 Å². The number of nitrogens with zero attached hydrogens (tertiary/aromatic N) is 2. The third-order valence-electron chi connectivity index (χ3n) is 3.32. The molecule has 0 bridgehead atoms. The summed E-state index contributed by atoms with van der Waals surface area (Å²) in [5.41, 5.74) is 0.900. The lowest BCUT2D eigenvalue weighted by atomic mass is 10.2. The molecule has 1 N–H and O–H groups in total. The standard InChI is InChI=1S/C16H19N3O4/c1-11(2)9-18-14(21)15(22)19(16(18)23)10-13(20)17-8-12-6-4-3-5-7-12/h3-7,11H,8-10H2,1-2H3,(H,17,20). The van der Waals surface area contributed by atoms with E-state index >= 15 is 0 Å². The van der Waals surface area contributed by atoms with Crippen molar-refractivity contribution >= 4 is 23.8 Å². The monoisotopic (exact) mass is 317 g/mol. The molecule has 7 heteroatoms. The van der Waals surface area contributed by atoms with Crippen LogP contribution in [0.1, 0.15) is 19.4 Å². The average Bonchev–Trinajstić information content (AvgIpc) is 2.71. The quantitative estimate of drug-likeness (QED) is 0.619. The fourth-order valence-electron chi connectivity index (χ4n) is 2.21. The SMILES string of the molecule is CC(C)CN1C(=O)C(=O)N(CC(=O)NCc2ccccc2)C1=O. The summed E-state index contributed by atoms with van der Waals surface area (Å²) in [4.78, 5) is 49.2. The van der Waals surface area contributed by atoms with Crippen LogP contribution >= 0.6 is 0 Å². The summed E-state index contributed by atoms with van der Waals surface area (Å²) in [7, 11) is 0. The predicted octanol–water partition coefficient (Wildman–Crippen LogP) is 0.750. The highest BCUT2D eigenvalue weighted by atomic mass is 16.2. The molecule has 1 heterocycles. The van der Waals surface area contributed by atoms with Crippen LogP contribution < -0.4 is 5.32 Å². The summed E-state index contributed by atoms with van der Waals surface area (Å²) in [6.07, 6.45) is 0. The van der Waals surface area contributed by atoms with Crippen molar-refractivity contribution in [1.29, 1.82) is 0 Å². The molecule has 1 aromatic rings. The molecule has 1 aromatic carbocycles. The van der Waals surface area contributed by atoms with Crippen LogP contribution in [-0.4, -0.2) is 46.6 Å². The minimum absolute atomic E-state index is 0.0440. The van der Waals surface area contributed by atoms with E-state index in [0.29, 0.717) is 11.4 Å². The van der Waals surface area contributed by atoms with Gasteiger partial charge in [-0.1, -0.05) is 44.2 Å². The van der Waals surface area contributed by atoms with Crippen LogP contribution in [-0.2, 0) is 20.9 Å². The molecule has 0 unspecified atom stereocenters.